The molecule has 0 radical (unpaired) electrons. The fourth-order valence-electron chi connectivity index (χ4n) is 10.9. The molecule has 1 aromatic heterocycles. The van der Waals surface area contributed by atoms with Crippen LogP contribution in [0.2, 0.25) is 0 Å². The molecule has 13 rings (SSSR count). The molecule has 2 atom stereocenters. The molecule has 9 aromatic carbocycles. The van der Waals surface area contributed by atoms with Gasteiger partial charge in [0, 0.05) is 65.1 Å². The van der Waals surface area contributed by atoms with E-state index in [-0.39, 0.29) is 17.4 Å². The molecule has 3 aliphatic rings. The van der Waals surface area contributed by atoms with E-state index >= 15 is 0 Å². The van der Waals surface area contributed by atoms with E-state index in [1.165, 1.54) is 92.2 Å². The van der Waals surface area contributed by atoms with Crippen molar-refractivity contribution in [1.29, 1.82) is 0 Å². The highest BCUT2D eigenvalue weighted by Gasteiger charge is 2.39. The average Bonchev–Trinajstić information content (AvgIpc) is 3.99. The van der Waals surface area contributed by atoms with Crippen LogP contribution in [0.15, 0.2) is 212 Å². The van der Waals surface area contributed by atoms with Gasteiger partial charge < -0.3 is 9.64 Å². The lowest BCUT2D eigenvalue weighted by atomic mass is 9.82. The van der Waals surface area contributed by atoms with Crippen molar-refractivity contribution in [1.82, 2.24) is 0 Å². The number of fused-ring (bicyclic) bond motifs is 11. The molecule has 0 fully saturated rings. The molecule has 0 saturated heterocycles. The van der Waals surface area contributed by atoms with E-state index in [1.807, 2.05) is 11.3 Å². The Morgan fingerprint density at radius 2 is 1.11 bits per heavy atom. The summed E-state index contributed by atoms with van der Waals surface area (Å²) in [6.07, 6.45) is 6.67. The zero-order chi connectivity index (χ0) is 42.5. The summed E-state index contributed by atoms with van der Waals surface area (Å²) in [6.45, 7) is 4.72. The van der Waals surface area contributed by atoms with Gasteiger partial charge in [0.25, 0.3) is 0 Å². The zero-order valence-electron chi connectivity index (χ0n) is 35.6. The summed E-state index contributed by atoms with van der Waals surface area (Å²) >= 11 is 1.86. The van der Waals surface area contributed by atoms with Crippen molar-refractivity contribution < 1.29 is 4.74 Å². The summed E-state index contributed by atoms with van der Waals surface area (Å²) < 4.78 is 9.70. The highest BCUT2D eigenvalue weighted by molar-refractivity contribution is 7.25. The van der Waals surface area contributed by atoms with Crippen LogP contribution in [-0.2, 0) is 5.41 Å². The normalized spacial score (nSPS) is 16.6. The maximum Gasteiger partial charge on any atom is 0.135 e. The van der Waals surface area contributed by atoms with Crippen LogP contribution in [0.4, 0.5) is 17.1 Å². The molecular weight excluding hydrogens is 795 g/mol. The Labute approximate surface area is 377 Å². The predicted molar refractivity (Wildman–Crippen MR) is 271 cm³/mol. The summed E-state index contributed by atoms with van der Waals surface area (Å²) in [4.78, 5) is 2.42. The molecule has 1 aliphatic heterocycles. The first kappa shape index (κ1) is 37.1. The van der Waals surface area contributed by atoms with E-state index in [0.717, 1.165) is 22.8 Å². The fraction of sp³-hybridized carbons (Fsp3) is 0.0820. The molecule has 0 N–H and O–H groups in total. The quantitative estimate of drug-likeness (QED) is 0.165. The van der Waals surface area contributed by atoms with Gasteiger partial charge in [0.1, 0.15) is 11.9 Å². The number of ether oxygens (including phenoxy) is 1. The van der Waals surface area contributed by atoms with E-state index in [4.69, 9.17) is 4.74 Å². The SMILES string of the molecule is CC1(C)c2ccccc2-c2ccc(N(c3ccc(C4=CC=CC5c6cc(-c7ccccc7)c7ccccc7c6OC45)cc3)c3ccc(-c4ccc5sc6ccccc6c5c4)cc3)cc21. The van der Waals surface area contributed by atoms with E-state index < -0.39 is 0 Å². The maximum atomic E-state index is 7.05. The minimum atomic E-state index is -0.116. The Kier molecular flexibility index (Phi) is 8.29. The molecule has 304 valence electrons. The van der Waals surface area contributed by atoms with Crippen LogP contribution >= 0.6 is 11.3 Å². The smallest absolute Gasteiger partial charge is 0.135 e. The van der Waals surface area contributed by atoms with Gasteiger partial charge in [-0.1, -0.05) is 166 Å². The minimum absolute atomic E-state index is 0.115. The van der Waals surface area contributed by atoms with Gasteiger partial charge in [-0.3, -0.25) is 0 Å². The fourth-order valence-corrected chi connectivity index (χ4v) is 11.9. The second kappa shape index (κ2) is 14.3. The average molecular weight is 838 g/mol. The highest BCUT2D eigenvalue weighted by Crippen LogP contribution is 2.53. The first-order valence-corrected chi connectivity index (χ1v) is 23.1. The second-order valence-corrected chi connectivity index (χ2v) is 19.0. The highest BCUT2D eigenvalue weighted by atomic mass is 32.1. The Hall–Kier alpha value is -7.46. The lowest BCUT2D eigenvalue weighted by Crippen LogP contribution is -2.21. The van der Waals surface area contributed by atoms with Gasteiger partial charge in [-0.15, -0.1) is 11.3 Å². The molecule has 0 bridgehead atoms. The third-order valence-electron chi connectivity index (χ3n) is 14.1. The summed E-state index contributed by atoms with van der Waals surface area (Å²) in [5.41, 5.74) is 17.1. The monoisotopic (exact) mass is 837 g/mol. The van der Waals surface area contributed by atoms with E-state index in [0.29, 0.717) is 0 Å². The van der Waals surface area contributed by atoms with Crippen LogP contribution in [0, 0.1) is 0 Å². The van der Waals surface area contributed by atoms with Crippen LogP contribution in [0.1, 0.15) is 42.0 Å². The summed E-state index contributed by atoms with van der Waals surface area (Å²) in [5, 5.41) is 5.02. The second-order valence-electron chi connectivity index (χ2n) is 18.0. The Bertz CT molecular complexity index is 3560. The molecule has 64 heavy (non-hydrogen) atoms. The van der Waals surface area contributed by atoms with Gasteiger partial charge in [-0.05, 0) is 116 Å². The number of rotatable bonds is 6. The van der Waals surface area contributed by atoms with Crippen molar-refractivity contribution in [3.8, 4) is 39.1 Å². The molecular formula is C61H43NOS. The van der Waals surface area contributed by atoms with Gasteiger partial charge in [-0.25, -0.2) is 0 Å². The standard InChI is InChI=1S/C61H43NOS/c1-61(2)55-21-10-8-16-47(55)48-33-32-44(36-56(48)61)62(42-28-23-38(24-29-42)41-27-34-58-53(35-41)49-17-9-11-22-57(49)64-58)43-30-25-40(26-31-43)45-19-12-20-51-54-37-52(39-13-4-3-5-14-39)46-15-6-7-18-50(46)60(54)63-59(45)51/h3-37,51,59H,1-2H3. The molecule has 2 heterocycles. The molecule has 0 spiro atoms. The third kappa shape index (κ3) is 5.71. The van der Waals surface area contributed by atoms with Crippen molar-refractivity contribution in [3.63, 3.8) is 0 Å². The van der Waals surface area contributed by atoms with Gasteiger partial charge in [0.2, 0.25) is 0 Å². The lowest BCUT2D eigenvalue weighted by molar-refractivity contribution is 0.281. The number of allylic oxidation sites excluding steroid dienone is 2. The van der Waals surface area contributed by atoms with Gasteiger partial charge in [0.15, 0.2) is 0 Å². The number of hydrogen-bond donors (Lipinski definition) is 0. The zero-order valence-corrected chi connectivity index (χ0v) is 36.4. The van der Waals surface area contributed by atoms with E-state index in [1.54, 1.807) is 0 Å². The first-order chi connectivity index (χ1) is 31.5. The summed E-state index contributed by atoms with van der Waals surface area (Å²) in [6, 6.07) is 71.6. The largest absolute Gasteiger partial charge is 0.484 e. The van der Waals surface area contributed by atoms with E-state index in [2.05, 4.69) is 231 Å². The Balaban J connectivity index is 0.877. The van der Waals surface area contributed by atoms with Gasteiger partial charge in [0.05, 0.1) is 0 Å². The number of nitrogens with zero attached hydrogens (tertiary/aromatic N) is 1. The first-order valence-electron chi connectivity index (χ1n) is 22.3. The minimum Gasteiger partial charge on any atom is -0.484 e. The van der Waals surface area contributed by atoms with Crippen molar-refractivity contribution in [2.75, 3.05) is 4.90 Å². The lowest BCUT2D eigenvalue weighted by Gasteiger charge is -2.29. The van der Waals surface area contributed by atoms with Crippen molar-refractivity contribution in [2.45, 2.75) is 31.3 Å². The Morgan fingerprint density at radius 1 is 0.469 bits per heavy atom. The maximum absolute atomic E-state index is 7.05. The van der Waals surface area contributed by atoms with E-state index in [9.17, 15) is 0 Å². The van der Waals surface area contributed by atoms with Crippen molar-refractivity contribution in [2.24, 2.45) is 0 Å². The van der Waals surface area contributed by atoms with Crippen molar-refractivity contribution >= 4 is 64.9 Å². The van der Waals surface area contributed by atoms with Crippen LogP contribution in [0.25, 0.3) is 69.9 Å². The van der Waals surface area contributed by atoms with Crippen molar-refractivity contribution in [3.05, 3.63) is 235 Å². The number of thiophene rings is 1. The molecule has 0 amide bonds. The van der Waals surface area contributed by atoms with Crippen LogP contribution in [0.3, 0.4) is 0 Å². The summed E-state index contributed by atoms with van der Waals surface area (Å²) in [5.74, 6) is 1.12. The van der Waals surface area contributed by atoms with Crippen LogP contribution < -0.4 is 9.64 Å². The summed E-state index contributed by atoms with van der Waals surface area (Å²) in [7, 11) is 0. The number of hydrogen-bond acceptors (Lipinski definition) is 3. The third-order valence-corrected chi connectivity index (χ3v) is 15.2. The molecule has 10 aromatic rings. The molecule has 2 unspecified atom stereocenters. The van der Waals surface area contributed by atoms with Crippen LogP contribution in [0.5, 0.6) is 5.75 Å². The van der Waals surface area contributed by atoms with Gasteiger partial charge >= 0.3 is 0 Å². The molecule has 3 heteroatoms. The molecule has 0 saturated carbocycles. The topological polar surface area (TPSA) is 12.5 Å². The molecule has 2 nitrogen and oxygen atoms in total. The predicted octanol–water partition coefficient (Wildman–Crippen LogP) is 16.8. The van der Waals surface area contributed by atoms with Gasteiger partial charge in [-0.2, -0.15) is 0 Å². The molecule has 2 aliphatic carbocycles. The number of benzene rings is 9. The number of anilines is 3. The Morgan fingerprint density at radius 3 is 1.92 bits per heavy atom. The van der Waals surface area contributed by atoms with Crippen LogP contribution in [-0.4, -0.2) is 6.10 Å².